The summed E-state index contributed by atoms with van der Waals surface area (Å²) in [6.45, 7) is 1.52. The van der Waals surface area contributed by atoms with Gasteiger partial charge in [0.25, 0.3) is 11.8 Å². The number of hydrogen-bond donors (Lipinski definition) is 3. The van der Waals surface area contributed by atoms with Gasteiger partial charge in [-0.2, -0.15) is 4.68 Å². The number of nitrogens with zero attached hydrogens (tertiary/aromatic N) is 6. The summed E-state index contributed by atoms with van der Waals surface area (Å²) in [6.07, 6.45) is 2.20. The fourth-order valence-corrected chi connectivity index (χ4v) is 1.98. The van der Waals surface area contributed by atoms with Crippen LogP contribution in [0.5, 0.6) is 0 Å². The number of hydrogen-bond acceptors (Lipinski definition) is 11. The first-order valence-electron chi connectivity index (χ1n) is 7.40. The number of hydrazine groups is 1. The number of nitrogen functional groups attached to an aromatic ring is 1. The fourth-order valence-electron chi connectivity index (χ4n) is 1.98. The summed E-state index contributed by atoms with van der Waals surface area (Å²) in [5.41, 5.74) is 9.98. The van der Waals surface area contributed by atoms with Crippen molar-refractivity contribution in [2.75, 3.05) is 5.73 Å². The van der Waals surface area contributed by atoms with Gasteiger partial charge in [-0.3, -0.25) is 30.6 Å². The molecule has 3 aromatic heterocycles. The number of rotatable bonds is 5. The second kappa shape index (κ2) is 7.36. The third-order valence-electron chi connectivity index (χ3n) is 3.30. The Kier molecular flexibility index (Phi) is 4.79. The van der Waals surface area contributed by atoms with Crippen molar-refractivity contribution in [2.45, 2.75) is 6.92 Å². The van der Waals surface area contributed by atoms with Gasteiger partial charge in [0.2, 0.25) is 11.6 Å². The third-order valence-corrected chi connectivity index (χ3v) is 3.30. The molecule has 0 radical (unpaired) electrons. The largest absolute Gasteiger partial charge is 0.433 e. The highest BCUT2D eigenvalue weighted by molar-refractivity contribution is 5.97. The number of carbonyl (C=O) groups excluding carboxylic acids is 2. The minimum absolute atomic E-state index is 0.0449. The molecule has 0 atom stereocenters. The lowest BCUT2D eigenvalue weighted by molar-refractivity contribution is -0.402. The van der Waals surface area contributed by atoms with Crippen molar-refractivity contribution < 1.29 is 23.6 Å². The predicted molar refractivity (Wildman–Crippen MR) is 88.4 cm³/mol. The van der Waals surface area contributed by atoms with Crippen molar-refractivity contribution in [3.05, 3.63) is 45.5 Å². The van der Waals surface area contributed by atoms with E-state index in [0.717, 1.165) is 16.8 Å². The van der Waals surface area contributed by atoms with E-state index in [1.165, 1.54) is 19.1 Å². The maximum absolute atomic E-state index is 12.1. The predicted octanol–water partition coefficient (Wildman–Crippen LogP) is -0.483. The van der Waals surface area contributed by atoms with Crippen molar-refractivity contribution in [3.8, 4) is 5.82 Å². The molecule has 3 rings (SSSR count). The Balaban J connectivity index is 1.60. The number of furan rings is 1. The Morgan fingerprint density at radius 2 is 2.11 bits per heavy atom. The van der Waals surface area contributed by atoms with Crippen molar-refractivity contribution in [3.63, 3.8) is 0 Å². The molecule has 0 saturated heterocycles. The number of amides is 2. The first-order valence-corrected chi connectivity index (χ1v) is 7.40. The van der Waals surface area contributed by atoms with E-state index in [2.05, 4.69) is 36.1 Å². The maximum atomic E-state index is 12.1. The third kappa shape index (κ3) is 3.66. The molecule has 4 N–H and O–H groups in total. The minimum atomic E-state index is -0.755. The zero-order chi connectivity index (χ0) is 20.3. The summed E-state index contributed by atoms with van der Waals surface area (Å²) >= 11 is 0. The van der Waals surface area contributed by atoms with E-state index in [1.54, 1.807) is 0 Å². The average molecular weight is 389 g/mol. The Labute approximate surface area is 154 Å². The smallest absolute Gasteiger partial charge is 0.401 e. The van der Waals surface area contributed by atoms with Gasteiger partial charge in [-0.05, 0) is 29.4 Å². The van der Waals surface area contributed by atoms with Crippen LogP contribution < -0.4 is 16.6 Å². The lowest BCUT2D eigenvalue weighted by Gasteiger charge is -2.03. The number of nitrogens with two attached hydrogens (primary N) is 1. The van der Waals surface area contributed by atoms with Gasteiger partial charge >= 0.3 is 5.88 Å². The van der Waals surface area contributed by atoms with Gasteiger partial charge in [0.15, 0.2) is 5.69 Å². The molecule has 2 amide bonds. The quantitative estimate of drug-likeness (QED) is 0.288. The molecule has 0 aromatic carbocycles. The summed E-state index contributed by atoms with van der Waals surface area (Å²) in [4.78, 5) is 33.7. The molecule has 0 aliphatic carbocycles. The first kappa shape index (κ1) is 18.2. The van der Waals surface area contributed by atoms with Crippen LogP contribution in [-0.4, -0.2) is 42.0 Å². The molecular weight excluding hydrogens is 378 g/mol. The van der Waals surface area contributed by atoms with Crippen LogP contribution in [0.1, 0.15) is 21.9 Å². The van der Waals surface area contributed by atoms with Gasteiger partial charge in [-0.25, -0.2) is 4.63 Å². The van der Waals surface area contributed by atoms with E-state index in [-0.39, 0.29) is 28.8 Å². The molecule has 0 aliphatic heterocycles. The second-order valence-corrected chi connectivity index (χ2v) is 5.12. The molecule has 0 saturated carbocycles. The standard InChI is InChI=1S/C13H11N9O6/c1-6-10(16-20-21(6)12-11(14)18-28-19-12)13(24)17-15-8(23)4-2-7-3-5-9(27-7)22(25)26/h2-5H,1H3,(H2,14,18)(H,15,23)(H,17,24). The van der Waals surface area contributed by atoms with Crippen LogP contribution in [0.15, 0.2) is 27.3 Å². The monoisotopic (exact) mass is 389 g/mol. The molecule has 0 aliphatic rings. The van der Waals surface area contributed by atoms with Crippen molar-refractivity contribution in [2.24, 2.45) is 0 Å². The van der Waals surface area contributed by atoms with Gasteiger partial charge in [0, 0.05) is 6.08 Å². The van der Waals surface area contributed by atoms with Crippen LogP contribution in [0, 0.1) is 17.0 Å². The highest BCUT2D eigenvalue weighted by Crippen LogP contribution is 2.16. The van der Waals surface area contributed by atoms with Crippen LogP contribution in [0.4, 0.5) is 11.7 Å². The molecule has 144 valence electrons. The highest BCUT2D eigenvalue weighted by Gasteiger charge is 2.21. The van der Waals surface area contributed by atoms with Crippen LogP contribution in [0.2, 0.25) is 0 Å². The van der Waals surface area contributed by atoms with Crippen molar-refractivity contribution >= 4 is 29.6 Å². The molecular formula is C13H11N9O6. The molecule has 0 fully saturated rings. The Morgan fingerprint density at radius 3 is 2.75 bits per heavy atom. The molecule has 0 bridgehead atoms. The molecule has 15 heteroatoms. The van der Waals surface area contributed by atoms with Crippen LogP contribution in [-0.2, 0) is 4.79 Å². The molecule has 0 unspecified atom stereocenters. The Morgan fingerprint density at radius 1 is 1.32 bits per heavy atom. The molecule has 28 heavy (non-hydrogen) atoms. The summed E-state index contributed by atoms with van der Waals surface area (Å²) in [5, 5.41) is 24.9. The van der Waals surface area contributed by atoms with E-state index in [0.29, 0.717) is 0 Å². The SMILES string of the molecule is Cc1c(C(=O)NNC(=O)C=Cc2ccc([N+](=O)[O-])o2)nnn1-c1nonc1N. The molecule has 3 aromatic rings. The minimum Gasteiger partial charge on any atom is -0.401 e. The lowest BCUT2D eigenvalue weighted by Crippen LogP contribution is -2.41. The van der Waals surface area contributed by atoms with E-state index >= 15 is 0 Å². The maximum Gasteiger partial charge on any atom is 0.433 e. The van der Waals surface area contributed by atoms with Gasteiger partial charge in [0.1, 0.15) is 10.7 Å². The fraction of sp³-hybridized carbons (Fsp3) is 0.0769. The summed E-state index contributed by atoms with van der Waals surface area (Å²) in [6, 6.07) is 2.45. The Bertz CT molecular complexity index is 1080. The highest BCUT2D eigenvalue weighted by atomic mass is 16.6. The molecule has 15 nitrogen and oxygen atoms in total. The summed E-state index contributed by atoms with van der Waals surface area (Å²) in [7, 11) is 0. The lowest BCUT2D eigenvalue weighted by atomic mass is 10.3. The van der Waals surface area contributed by atoms with Crippen molar-refractivity contribution in [1.29, 1.82) is 0 Å². The van der Waals surface area contributed by atoms with Gasteiger partial charge in [-0.1, -0.05) is 5.21 Å². The number of aromatic nitrogens is 5. The zero-order valence-electron chi connectivity index (χ0n) is 14.0. The first-order chi connectivity index (χ1) is 13.4. The average Bonchev–Trinajstić information content (AvgIpc) is 3.38. The molecule has 0 spiro atoms. The van der Waals surface area contributed by atoms with E-state index in [9.17, 15) is 19.7 Å². The van der Waals surface area contributed by atoms with E-state index < -0.39 is 22.6 Å². The van der Waals surface area contributed by atoms with E-state index in [4.69, 9.17) is 10.2 Å². The normalized spacial score (nSPS) is 10.9. The molecule has 3 heterocycles. The summed E-state index contributed by atoms with van der Waals surface area (Å²) in [5.74, 6) is -1.84. The van der Waals surface area contributed by atoms with E-state index in [1.807, 2.05) is 0 Å². The zero-order valence-corrected chi connectivity index (χ0v) is 14.0. The van der Waals surface area contributed by atoms with Crippen LogP contribution >= 0.6 is 0 Å². The number of nitro groups is 1. The van der Waals surface area contributed by atoms with Gasteiger partial charge in [-0.15, -0.1) is 5.10 Å². The van der Waals surface area contributed by atoms with Crippen molar-refractivity contribution in [1.82, 2.24) is 36.2 Å². The van der Waals surface area contributed by atoms with Crippen LogP contribution in [0.25, 0.3) is 11.9 Å². The van der Waals surface area contributed by atoms with Gasteiger partial charge in [0.05, 0.1) is 11.8 Å². The topological polar surface area (TPSA) is 210 Å². The van der Waals surface area contributed by atoms with Crippen LogP contribution in [0.3, 0.4) is 0 Å². The van der Waals surface area contributed by atoms with Gasteiger partial charge < -0.3 is 10.2 Å². The number of carbonyl (C=O) groups is 2. The number of nitrogens with one attached hydrogen (secondary N) is 2. The number of anilines is 1. The summed E-state index contributed by atoms with van der Waals surface area (Å²) < 4.78 is 10.5. The second-order valence-electron chi connectivity index (χ2n) is 5.12. The Hall–Kier alpha value is -4.56.